The number of hydrogen-bond acceptors (Lipinski definition) is 6. The Balaban J connectivity index is 1.45. The molecule has 0 saturated carbocycles. The summed E-state index contributed by atoms with van der Waals surface area (Å²) in [5.41, 5.74) is 9.07. The van der Waals surface area contributed by atoms with Crippen LogP contribution in [0.2, 0.25) is 0 Å². The number of nitrogen functional groups attached to an aromatic ring is 1. The number of methoxy groups -OCH3 is 1. The van der Waals surface area contributed by atoms with Gasteiger partial charge in [0.25, 0.3) is 5.91 Å². The summed E-state index contributed by atoms with van der Waals surface area (Å²) >= 11 is 0. The summed E-state index contributed by atoms with van der Waals surface area (Å²) in [6.45, 7) is 1.92. The van der Waals surface area contributed by atoms with Crippen LogP contribution in [0.5, 0.6) is 0 Å². The number of pyridine rings is 1. The van der Waals surface area contributed by atoms with E-state index in [4.69, 9.17) is 10.5 Å². The average molecular weight is 560 g/mol. The predicted octanol–water partition coefficient (Wildman–Crippen LogP) is 5.71. The number of hydrogen-bond donors (Lipinski definition) is 2. The molecular formula is C30H24F3N5O3. The first-order chi connectivity index (χ1) is 19.6. The van der Waals surface area contributed by atoms with Gasteiger partial charge in [-0.3, -0.25) is 9.36 Å². The molecule has 5 rings (SSSR count). The average Bonchev–Trinajstić information content (AvgIpc) is 3.34. The van der Waals surface area contributed by atoms with Crippen LogP contribution in [-0.2, 0) is 17.5 Å². The lowest BCUT2D eigenvalue weighted by Gasteiger charge is -2.13. The fraction of sp³-hybridized carbons (Fsp3) is 0.133. The number of aromatic nitrogens is 3. The second-order valence-electron chi connectivity index (χ2n) is 9.28. The van der Waals surface area contributed by atoms with Crippen molar-refractivity contribution < 1.29 is 27.5 Å². The summed E-state index contributed by atoms with van der Waals surface area (Å²) < 4.78 is 47.0. The van der Waals surface area contributed by atoms with E-state index < -0.39 is 17.7 Å². The molecule has 41 heavy (non-hydrogen) atoms. The van der Waals surface area contributed by atoms with Crippen LogP contribution in [0.4, 0.5) is 19.0 Å². The molecule has 11 heteroatoms. The molecule has 3 aromatic carbocycles. The third-order valence-corrected chi connectivity index (χ3v) is 6.60. The van der Waals surface area contributed by atoms with Crippen LogP contribution in [0.3, 0.4) is 0 Å². The van der Waals surface area contributed by atoms with Gasteiger partial charge < -0.3 is 15.8 Å². The number of esters is 1. The largest absolute Gasteiger partial charge is 0.465 e. The number of fused-ring (bicyclic) bond motifs is 1. The van der Waals surface area contributed by atoms with Crippen LogP contribution in [0.25, 0.3) is 28.1 Å². The van der Waals surface area contributed by atoms with E-state index in [0.717, 1.165) is 17.7 Å². The zero-order valence-corrected chi connectivity index (χ0v) is 22.0. The quantitative estimate of drug-likeness (QED) is 0.258. The summed E-state index contributed by atoms with van der Waals surface area (Å²) in [6, 6.07) is 18.4. The number of anilines is 1. The van der Waals surface area contributed by atoms with Gasteiger partial charge in [-0.1, -0.05) is 12.1 Å². The van der Waals surface area contributed by atoms with Gasteiger partial charge in [0.2, 0.25) is 0 Å². The van der Waals surface area contributed by atoms with E-state index in [-0.39, 0.29) is 23.8 Å². The molecule has 5 aromatic rings. The number of carbonyl (C=O) groups is 2. The smallest absolute Gasteiger partial charge is 0.416 e. The van der Waals surface area contributed by atoms with E-state index in [1.54, 1.807) is 60.0 Å². The molecule has 0 saturated heterocycles. The molecule has 0 bridgehead atoms. The lowest BCUT2D eigenvalue weighted by molar-refractivity contribution is -0.137. The van der Waals surface area contributed by atoms with Crippen molar-refractivity contribution in [1.82, 2.24) is 19.9 Å². The first-order valence-corrected chi connectivity index (χ1v) is 12.4. The summed E-state index contributed by atoms with van der Waals surface area (Å²) in [7, 11) is 1.29. The summed E-state index contributed by atoms with van der Waals surface area (Å²) in [5.74, 6) is -0.279. The normalized spacial score (nSPS) is 11.4. The number of carbonyl (C=O) groups excluding carboxylic acids is 2. The maximum absolute atomic E-state index is 13.6. The minimum absolute atomic E-state index is 0.189. The summed E-state index contributed by atoms with van der Waals surface area (Å²) in [5, 5.41) is 2.85. The van der Waals surface area contributed by atoms with Crippen LogP contribution >= 0.6 is 0 Å². The topological polar surface area (TPSA) is 112 Å². The number of nitrogens with zero attached hydrogens (tertiary/aromatic N) is 3. The lowest BCUT2D eigenvalue weighted by atomic mass is 10.0. The van der Waals surface area contributed by atoms with Crippen LogP contribution < -0.4 is 11.1 Å². The number of rotatable bonds is 6. The number of imidazole rings is 1. The first-order valence-electron chi connectivity index (χ1n) is 12.4. The van der Waals surface area contributed by atoms with E-state index in [1.807, 2.05) is 0 Å². The number of ether oxygens (including phenoxy) is 1. The number of amides is 1. The molecule has 2 aromatic heterocycles. The van der Waals surface area contributed by atoms with Crippen LogP contribution in [0.15, 0.2) is 79.0 Å². The fourth-order valence-electron chi connectivity index (χ4n) is 4.50. The Hall–Kier alpha value is -5.19. The second-order valence-corrected chi connectivity index (χ2v) is 9.28. The highest BCUT2D eigenvalue weighted by molar-refractivity contribution is 5.97. The molecule has 0 atom stereocenters. The standard InChI is InChI=1S/C30H24F3N5O3/c1-17-14-19(29(40)41-2)7-11-22(17)28(39)36-16-18-5-9-21(10-6-18)38-25-15-20(30(31,32)33)8-12-24(25)37-27(38)23-4-3-13-35-26(23)34/h3-15H,16H2,1-2H3,(H2,34,35)(H,36,39). The van der Waals surface area contributed by atoms with Crippen LogP contribution in [0, 0.1) is 6.92 Å². The first kappa shape index (κ1) is 27.4. The Kier molecular flexibility index (Phi) is 7.19. The van der Waals surface area contributed by atoms with Crippen molar-refractivity contribution >= 4 is 28.7 Å². The molecule has 0 aliphatic rings. The highest BCUT2D eigenvalue weighted by Crippen LogP contribution is 2.35. The molecule has 0 aliphatic carbocycles. The van der Waals surface area contributed by atoms with Crippen molar-refractivity contribution in [2.75, 3.05) is 12.8 Å². The summed E-state index contributed by atoms with van der Waals surface area (Å²) in [6.07, 6.45) is -3.01. The molecule has 208 valence electrons. The van der Waals surface area contributed by atoms with Crippen molar-refractivity contribution in [3.8, 4) is 17.1 Å². The van der Waals surface area contributed by atoms with Gasteiger partial charge in [0.05, 0.1) is 34.8 Å². The van der Waals surface area contributed by atoms with Gasteiger partial charge in [0.1, 0.15) is 11.6 Å². The number of alkyl halides is 3. The van der Waals surface area contributed by atoms with Gasteiger partial charge in [0, 0.05) is 24.0 Å². The molecule has 0 radical (unpaired) electrons. The molecule has 3 N–H and O–H groups in total. The van der Waals surface area contributed by atoms with Gasteiger partial charge in [-0.15, -0.1) is 0 Å². The minimum Gasteiger partial charge on any atom is -0.465 e. The van der Waals surface area contributed by atoms with E-state index in [0.29, 0.717) is 39.3 Å². The maximum atomic E-state index is 13.6. The maximum Gasteiger partial charge on any atom is 0.416 e. The number of nitrogens with one attached hydrogen (secondary N) is 1. The molecule has 0 aliphatic heterocycles. The number of nitrogens with two attached hydrogens (primary N) is 1. The van der Waals surface area contributed by atoms with Gasteiger partial charge in [0.15, 0.2) is 0 Å². The molecule has 0 fully saturated rings. The van der Waals surface area contributed by atoms with Gasteiger partial charge in [-0.25, -0.2) is 14.8 Å². The number of aryl methyl sites for hydroxylation is 1. The minimum atomic E-state index is -4.53. The van der Waals surface area contributed by atoms with Crippen molar-refractivity contribution in [2.24, 2.45) is 0 Å². The molecule has 0 unspecified atom stereocenters. The third kappa shape index (κ3) is 5.46. The Bertz CT molecular complexity index is 1780. The Morgan fingerprint density at radius 2 is 1.78 bits per heavy atom. The fourth-order valence-corrected chi connectivity index (χ4v) is 4.50. The predicted molar refractivity (Wildman–Crippen MR) is 147 cm³/mol. The SMILES string of the molecule is COC(=O)c1ccc(C(=O)NCc2ccc(-n3c(-c4cccnc4N)nc4ccc(C(F)(F)F)cc43)cc2)c(C)c1. The Morgan fingerprint density at radius 3 is 2.44 bits per heavy atom. The zero-order valence-electron chi connectivity index (χ0n) is 22.0. The number of halogens is 3. The van der Waals surface area contributed by atoms with E-state index >= 15 is 0 Å². The highest BCUT2D eigenvalue weighted by Gasteiger charge is 2.31. The molecule has 2 heterocycles. The van der Waals surface area contributed by atoms with E-state index in [9.17, 15) is 22.8 Å². The molecular weight excluding hydrogens is 535 g/mol. The lowest BCUT2D eigenvalue weighted by Crippen LogP contribution is -2.23. The molecule has 8 nitrogen and oxygen atoms in total. The van der Waals surface area contributed by atoms with Crippen LogP contribution in [0.1, 0.15) is 37.4 Å². The van der Waals surface area contributed by atoms with Gasteiger partial charge in [-0.2, -0.15) is 13.2 Å². The molecule has 1 amide bonds. The Labute approximate surface area is 232 Å². The highest BCUT2D eigenvalue weighted by atomic mass is 19.4. The zero-order chi connectivity index (χ0) is 29.3. The van der Waals surface area contributed by atoms with Gasteiger partial charge in [-0.05, 0) is 78.7 Å². The van der Waals surface area contributed by atoms with Crippen molar-refractivity contribution in [3.05, 3.63) is 107 Å². The molecule has 0 spiro atoms. The van der Waals surface area contributed by atoms with E-state index in [1.165, 1.54) is 25.4 Å². The van der Waals surface area contributed by atoms with Crippen molar-refractivity contribution in [2.45, 2.75) is 19.6 Å². The monoisotopic (exact) mass is 559 g/mol. The third-order valence-electron chi connectivity index (χ3n) is 6.60. The van der Waals surface area contributed by atoms with Crippen molar-refractivity contribution in [3.63, 3.8) is 0 Å². The van der Waals surface area contributed by atoms with Crippen LogP contribution in [-0.4, -0.2) is 33.5 Å². The second kappa shape index (κ2) is 10.8. The Morgan fingerprint density at radius 1 is 1.02 bits per heavy atom. The number of benzene rings is 3. The van der Waals surface area contributed by atoms with Crippen molar-refractivity contribution in [1.29, 1.82) is 0 Å². The van der Waals surface area contributed by atoms with Gasteiger partial charge >= 0.3 is 12.1 Å². The summed E-state index contributed by atoms with van der Waals surface area (Å²) in [4.78, 5) is 33.2. The van der Waals surface area contributed by atoms with E-state index in [2.05, 4.69) is 15.3 Å².